The van der Waals surface area contributed by atoms with Crippen molar-refractivity contribution in [2.45, 2.75) is 0 Å². The van der Waals surface area contributed by atoms with Gasteiger partial charge in [0.1, 0.15) is 0 Å². The van der Waals surface area contributed by atoms with Gasteiger partial charge in [-0.3, -0.25) is 4.98 Å². The van der Waals surface area contributed by atoms with E-state index in [-0.39, 0.29) is 0 Å². The predicted octanol–water partition coefficient (Wildman–Crippen LogP) is 8.91. The summed E-state index contributed by atoms with van der Waals surface area (Å²) >= 11 is 3.83. The SMILES string of the molecule is c1cncc(-n2c3ccccc3c3c4sc5ccccc5c4c4sc5ccccc5c4c32)c1. The fourth-order valence-corrected chi connectivity index (χ4v) is 7.97. The predicted molar refractivity (Wildman–Crippen MR) is 144 cm³/mol. The Hall–Kier alpha value is -3.73. The first-order valence-corrected chi connectivity index (χ1v) is 12.6. The Morgan fingerprint density at radius 1 is 0.576 bits per heavy atom. The zero-order valence-electron chi connectivity index (χ0n) is 17.4. The van der Waals surface area contributed by atoms with Gasteiger partial charge in [0.05, 0.1) is 22.9 Å². The fraction of sp³-hybridized carbons (Fsp3) is 0. The van der Waals surface area contributed by atoms with Crippen molar-refractivity contribution >= 4 is 84.8 Å². The van der Waals surface area contributed by atoms with Gasteiger partial charge in [0.25, 0.3) is 0 Å². The first kappa shape index (κ1) is 17.8. The van der Waals surface area contributed by atoms with Crippen LogP contribution < -0.4 is 0 Å². The highest BCUT2D eigenvalue weighted by Crippen LogP contribution is 2.51. The highest BCUT2D eigenvalue weighted by atomic mass is 32.1. The summed E-state index contributed by atoms with van der Waals surface area (Å²) in [6, 6.07) is 30.7. The van der Waals surface area contributed by atoms with Gasteiger partial charge in [-0.15, -0.1) is 22.7 Å². The Morgan fingerprint density at radius 2 is 1.18 bits per heavy atom. The molecule has 0 unspecified atom stereocenters. The molecular weight excluding hydrogens is 440 g/mol. The van der Waals surface area contributed by atoms with Crippen molar-refractivity contribution in [3.8, 4) is 5.69 Å². The molecule has 0 saturated carbocycles. The monoisotopic (exact) mass is 456 g/mol. The van der Waals surface area contributed by atoms with Gasteiger partial charge in [0, 0.05) is 57.3 Å². The average Bonchev–Trinajstić information content (AvgIpc) is 3.53. The molecule has 0 spiro atoms. The average molecular weight is 457 g/mol. The summed E-state index contributed by atoms with van der Waals surface area (Å²) in [5.41, 5.74) is 3.61. The van der Waals surface area contributed by atoms with Crippen LogP contribution in [0.5, 0.6) is 0 Å². The molecule has 0 radical (unpaired) electrons. The normalized spacial score (nSPS) is 12.2. The molecule has 2 nitrogen and oxygen atoms in total. The number of rotatable bonds is 1. The number of pyridine rings is 1. The maximum atomic E-state index is 4.47. The van der Waals surface area contributed by atoms with Crippen LogP contribution in [0.25, 0.3) is 67.8 Å². The third-order valence-corrected chi connectivity index (χ3v) is 9.04. The molecule has 4 aromatic carbocycles. The van der Waals surface area contributed by atoms with Crippen LogP contribution in [0.1, 0.15) is 0 Å². The summed E-state index contributed by atoms with van der Waals surface area (Å²) in [6.45, 7) is 0. The summed E-state index contributed by atoms with van der Waals surface area (Å²) in [4.78, 5) is 4.47. The van der Waals surface area contributed by atoms with Gasteiger partial charge >= 0.3 is 0 Å². The van der Waals surface area contributed by atoms with Crippen molar-refractivity contribution in [3.05, 3.63) is 97.3 Å². The molecule has 0 aliphatic heterocycles. The molecule has 8 rings (SSSR count). The summed E-state index contributed by atoms with van der Waals surface area (Å²) in [5, 5.41) is 8.07. The van der Waals surface area contributed by atoms with Gasteiger partial charge in [0.15, 0.2) is 0 Å². The third kappa shape index (κ3) is 2.24. The lowest BCUT2D eigenvalue weighted by Crippen LogP contribution is -1.94. The smallest absolute Gasteiger partial charge is 0.0649 e. The van der Waals surface area contributed by atoms with E-state index in [0.717, 1.165) is 5.69 Å². The number of para-hydroxylation sites is 1. The van der Waals surface area contributed by atoms with Crippen LogP contribution in [-0.2, 0) is 0 Å². The van der Waals surface area contributed by atoms with E-state index >= 15 is 0 Å². The minimum Gasteiger partial charge on any atom is -0.307 e. The van der Waals surface area contributed by atoms with E-state index in [4.69, 9.17) is 0 Å². The molecule has 154 valence electrons. The topological polar surface area (TPSA) is 17.8 Å². The second-order valence-electron chi connectivity index (χ2n) is 8.39. The van der Waals surface area contributed by atoms with E-state index in [1.165, 1.54) is 62.2 Å². The third-order valence-electron chi connectivity index (χ3n) is 6.66. The quantitative estimate of drug-likeness (QED) is 0.241. The largest absolute Gasteiger partial charge is 0.307 e. The van der Waals surface area contributed by atoms with Gasteiger partial charge in [-0.25, -0.2) is 0 Å². The molecule has 0 atom stereocenters. The van der Waals surface area contributed by atoms with Gasteiger partial charge in [-0.1, -0.05) is 54.6 Å². The summed E-state index contributed by atoms with van der Waals surface area (Å²) < 4.78 is 7.85. The fourth-order valence-electron chi connectivity index (χ4n) is 5.36. The van der Waals surface area contributed by atoms with Gasteiger partial charge in [0.2, 0.25) is 0 Å². The lowest BCUT2D eigenvalue weighted by atomic mass is 10.0. The zero-order valence-corrected chi connectivity index (χ0v) is 19.1. The molecule has 0 fully saturated rings. The van der Waals surface area contributed by atoms with Crippen LogP contribution in [0.2, 0.25) is 0 Å². The summed E-state index contributed by atoms with van der Waals surface area (Å²) in [6.07, 6.45) is 3.82. The minimum absolute atomic E-state index is 1.10. The number of fused-ring (bicyclic) bond motifs is 12. The van der Waals surface area contributed by atoms with E-state index in [1.807, 2.05) is 41.1 Å². The van der Waals surface area contributed by atoms with E-state index in [9.17, 15) is 0 Å². The molecule has 8 aromatic rings. The maximum absolute atomic E-state index is 4.47. The van der Waals surface area contributed by atoms with Crippen molar-refractivity contribution in [1.29, 1.82) is 0 Å². The molecular formula is C29H16N2S2. The number of hydrogen-bond acceptors (Lipinski definition) is 3. The van der Waals surface area contributed by atoms with Crippen LogP contribution in [0, 0.1) is 0 Å². The molecule has 0 aliphatic rings. The molecule has 0 bridgehead atoms. The van der Waals surface area contributed by atoms with Crippen molar-refractivity contribution < 1.29 is 0 Å². The highest BCUT2D eigenvalue weighted by molar-refractivity contribution is 7.30. The Bertz CT molecular complexity index is 1990. The Balaban J connectivity index is 1.80. The van der Waals surface area contributed by atoms with Crippen molar-refractivity contribution in [1.82, 2.24) is 9.55 Å². The van der Waals surface area contributed by atoms with Crippen LogP contribution in [0.4, 0.5) is 0 Å². The second-order valence-corrected chi connectivity index (χ2v) is 10.5. The van der Waals surface area contributed by atoms with Crippen molar-refractivity contribution in [2.24, 2.45) is 0 Å². The first-order valence-electron chi connectivity index (χ1n) is 11.0. The van der Waals surface area contributed by atoms with Crippen LogP contribution in [-0.4, -0.2) is 9.55 Å². The van der Waals surface area contributed by atoms with E-state index in [2.05, 4.69) is 88.4 Å². The molecule has 4 aromatic heterocycles. The van der Waals surface area contributed by atoms with Crippen LogP contribution in [0.15, 0.2) is 97.3 Å². The highest BCUT2D eigenvalue weighted by Gasteiger charge is 2.23. The zero-order chi connectivity index (χ0) is 21.5. The van der Waals surface area contributed by atoms with Crippen molar-refractivity contribution in [2.75, 3.05) is 0 Å². The second kappa shape index (κ2) is 6.41. The van der Waals surface area contributed by atoms with Gasteiger partial charge in [-0.2, -0.15) is 0 Å². The molecule has 0 saturated heterocycles. The van der Waals surface area contributed by atoms with Gasteiger partial charge in [-0.05, 0) is 30.3 Å². The van der Waals surface area contributed by atoms with Crippen LogP contribution in [0.3, 0.4) is 0 Å². The lowest BCUT2D eigenvalue weighted by Gasteiger charge is -2.09. The number of thiophene rings is 2. The molecule has 33 heavy (non-hydrogen) atoms. The first-order chi connectivity index (χ1) is 16.4. The Labute approximate surface area is 196 Å². The number of nitrogens with zero attached hydrogens (tertiary/aromatic N) is 2. The van der Waals surface area contributed by atoms with E-state index < -0.39 is 0 Å². The Kier molecular flexibility index (Phi) is 3.45. The molecule has 0 aliphatic carbocycles. The maximum Gasteiger partial charge on any atom is 0.0649 e. The minimum atomic E-state index is 1.10. The van der Waals surface area contributed by atoms with Crippen molar-refractivity contribution in [3.63, 3.8) is 0 Å². The lowest BCUT2D eigenvalue weighted by molar-refractivity contribution is 1.15. The van der Waals surface area contributed by atoms with Crippen LogP contribution >= 0.6 is 22.7 Å². The van der Waals surface area contributed by atoms with E-state index in [0.29, 0.717) is 0 Å². The number of aromatic nitrogens is 2. The molecule has 0 N–H and O–H groups in total. The van der Waals surface area contributed by atoms with Gasteiger partial charge < -0.3 is 4.57 Å². The number of hydrogen-bond donors (Lipinski definition) is 0. The summed E-state index contributed by atoms with van der Waals surface area (Å²) in [7, 11) is 0. The molecule has 4 heteroatoms. The van der Waals surface area contributed by atoms with E-state index in [1.54, 1.807) is 0 Å². The molecule has 0 amide bonds. The molecule has 4 heterocycles. The standard InChI is InChI=1S/C29H16N2S2/c1-4-12-21-18(9-1)24-27(31(21)17-8-7-15-30-16-17)25-19-10-2-5-13-22(19)32-29(25)26-20-11-3-6-14-23(20)33-28(24)26/h1-16H. The Morgan fingerprint density at radius 3 is 1.88 bits per heavy atom. The summed E-state index contributed by atoms with van der Waals surface area (Å²) in [5.74, 6) is 0. The number of benzene rings is 4.